The van der Waals surface area contributed by atoms with Crippen LogP contribution in [0.25, 0.3) is 43.1 Å². The number of hydrogen-bond acceptors (Lipinski definition) is 4. The van der Waals surface area contributed by atoms with Gasteiger partial charge in [-0.2, -0.15) is 0 Å². The van der Waals surface area contributed by atoms with Gasteiger partial charge in [0.05, 0.1) is 0 Å². The van der Waals surface area contributed by atoms with E-state index in [1.807, 2.05) is 47.0 Å². The van der Waals surface area contributed by atoms with E-state index in [-0.39, 0.29) is 0 Å². The van der Waals surface area contributed by atoms with E-state index in [1.165, 1.54) is 62.7 Å². The highest BCUT2D eigenvalue weighted by atomic mass is 32.2. The van der Waals surface area contributed by atoms with E-state index in [0.717, 1.165) is 0 Å². The van der Waals surface area contributed by atoms with E-state index >= 15 is 0 Å². The van der Waals surface area contributed by atoms with E-state index < -0.39 is 0 Å². The van der Waals surface area contributed by atoms with E-state index in [4.69, 9.17) is 0 Å². The van der Waals surface area contributed by atoms with Crippen molar-refractivity contribution in [2.45, 2.75) is 19.6 Å². The maximum Gasteiger partial charge on any atom is 0.0149 e. The van der Waals surface area contributed by atoms with Crippen LogP contribution in [0.15, 0.2) is 80.2 Å². The van der Waals surface area contributed by atoms with Crippen LogP contribution < -0.4 is 0 Å². The Morgan fingerprint density at radius 1 is 0.367 bits per heavy atom. The van der Waals surface area contributed by atoms with Crippen molar-refractivity contribution in [3.05, 3.63) is 60.7 Å². The molecule has 0 saturated heterocycles. The monoisotopic (exact) mass is 462 g/mol. The first-order valence-corrected chi connectivity index (χ1v) is 14.6. The van der Waals surface area contributed by atoms with Gasteiger partial charge in [0.15, 0.2) is 0 Å². The van der Waals surface area contributed by atoms with Gasteiger partial charge in [-0.1, -0.05) is 0 Å². The summed E-state index contributed by atoms with van der Waals surface area (Å²) >= 11 is 7.30. The lowest BCUT2D eigenvalue weighted by molar-refractivity contribution is 1.45. The molecule has 5 rings (SSSR count). The molecule has 0 heterocycles. The zero-order valence-corrected chi connectivity index (χ0v) is 20.7. The molecule has 0 fully saturated rings. The van der Waals surface area contributed by atoms with Crippen molar-refractivity contribution in [2.24, 2.45) is 0 Å². The maximum absolute atomic E-state index is 2.38. The minimum absolute atomic E-state index is 1.31. The molecule has 0 aliphatic heterocycles. The third kappa shape index (κ3) is 3.29. The summed E-state index contributed by atoms with van der Waals surface area (Å²) in [6.07, 6.45) is 8.66. The first-order chi connectivity index (χ1) is 14.7. The second-order valence-corrected chi connectivity index (χ2v) is 10.7. The quantitative estimate of drug-likeness (QED) is 0.193. The standard InChI is InChI=1S/C26H22S4/c1-27-23-5-6-24(28-2)20-12-16-10-18-14-22-21(25(29-3)7-8-26(22)30-4)13-17(18)9-15(16)11-19(20)23/h5-14H,1-4H3. The largest absolute Gasteiger partial charge is 0.129 e. The Labute approximate surface area is 194 Å². The number of fused-ring (bicyclic) bond motifs is 4. The lowest BCUT2D eigenvalue weighted by atomic mass is 9.97. The molecular formula is C26H22S4. The number of benzene rings is 5. The average Bonchev–Trinajstić information content (AvgIpc) is 2.78. The number of thioether (sulfide) groups is 4. The highest BCUT2D eigenvalue weighted by Crippen LogP contribution is 2.39. The minimum atomic E-state index is 1.31. The Kier molecular flexibility index (Phi) is 5.61. The van der Waals surface area contributed by atoms with E-state index in [1.54, 1.807) is 0 Å². The molecule has 4 heteroatoms. The molecule has 0 bridgehead atoms. The predicted octanol–water partition coefficient (Wildman–Crippen LogP) is 9.19. The fourth-order valence-electron chi connectivity index (χ4n) is 4.29. The number of hydrogen-bond donors (Lipinski definition) is 0. The van der Waals surface area contributed by atoms with Gasteiger partial charge in [-0.05, 0) is 129 Å². The Bertz CT molecular complexity index is 1220. The van der Waals surface area contributed by atoms with Gasteiger partial charge in [0.25, 0.3) is 0 Å². The molecule has 0 radical (unpaired) electrons. The van der Waals surface area contributed by atoms with Crippen molar-refractivity contribution in [3.8, 4) is 0 Å². The van der Waals surface area contributed by atoms with Crippen LogP contribution in [0.4, 0.5) is 0 Å². The van der Waals surface area contributed by atoms with E-state index in [0.29, 0.717) is 0 Å². The second-order valence-electron chi connectivity index (χ2n) is 7.28. The smallest absolute Gasteiger partial charge is 0.0149 e. The fraction of sp³-hybridized carbons (Fsp3) is 0.154. The SMILES string of the molecule is CSc1ccc(SC)c2cc3cc4cc5c(SC)ccc(SC)c5cc4cc3cc12. The normalized spacial score (nSPS) is 11.9. The Hall–Kier alpha value is -1.46. The van der Waals surface area contributed by atoms with Gasteiger partial charge in [-0.3, -0.25) is 0 Å². The van der Waals surface area contributed by atoms with Crippen LogP contribution in [0, 0.1) is 0 Å². The topological polar surface area (TPSA) is 0 Å². The highest BCUT2D eigenvalue weighted by Gasteiger charge is 2.11. The average molecular weight is 463 g/mol. The van der Waals surface area contributed by atoms with Gasteiger partial charge in [-0.15, -0.1) is 47.0 Å². The van der Waals surface area contributed by atoms with Crippen LogP contribution >= 0.6 is 47.0 Å². The summed E-state index contributed by atoms with van der Waals surface area (Å²) in [6, 6.07) is 23.3. The second kappa shape index (κ2) is 8.23. The third-order valence-corrected chi connectivity index (χ3v) is 8.97. The van der Waals surface area contributed by atoms with Crippen LogP contribution in [0.1, 0.15) is 0 Å². The highest BCUT2D eigenvalue weighted by molar-refractivity contribution is 7.99. The molecule has 5 aromatic carbocycles. The van der Waals surface area contributed by atoms with Crippen LogP contribution in [-0.4, -0.2) is 25.0 Å². The molecule has 0 N–H and O–H groups in total. The molecule has 0 aliphatic rings. The van der Waals surface area contributed by atoms with Crippen LogP contribution in [0.3, 0.4) is 0 Å². The summed E-state index contributed by atoms with van der Waals surface area (Å²) in [5.74, 6) is 0. The maximum atomic E-state index is 2.38. The molecule has 0 aliphatic carbocycles. The van der Waals surface area contributed by atoms with Gasteiger partial charge in [0, 0.05) is 19.6 Å². The molecule has 0 aromatic heterocycles. The van der Waals surface area contributed by atoms with Crippen molar-refractivity contribution in [1.29, 1.82) is 0 Å². The summed E-state index contributed by atoms with van der Waals surface area (Å²) in [7, 11) is 0. The summed E-state index contributed by atoms with van der Waals surface area (Å²) in [5, 5.41) is 10.7. The fourth-order valence-corrected chi connectivity index (χ4v) is 6.66. The van der Waals surface area contributed by atoms with Gasteiger partial charge < -0.3 is 0 Å². The summed E-state index contributed by atoms with van der Waals surface area (Å²) in [5.41, 5.74) is 0. The van der Waals surface area contributed by atoms with Gasteiger partial charge in [0.1, 0.15) is 0 Å². The molecule has 0 unspecified atom stereocenters. The minimum Gasteiger partial charge on any atom is -0.129 e. The summed E-state index contributed by atoms with van der Waals surface area (Å²) in [6.45, 7) is 0. The summed E-state index contributed by atoms with van der Waals surface area (Å²) < 4.78 is 0. The lowest BCUT2D eigenvalue weighted by Crippen LogP contribution is -1.86. The zero-order valence-electron chi connectivity index (χ0n) is 17.4. The molecule has 30 heavy (non-hydrogen) atoms. The van der Waals surface area contributed by atoms with Gasteiger partial charge >= 0.3 is 0 Å². The Balaban J connectivity index is 1.88. The first-order valence-electron chi connectivity index (χ1n) is 9.73. The van der Waals surface area contributed by atoms with Crippen LogP contribution in [0.5, 0.6) is 0 Å². The molecule has 150 valence electrons. The van der Waals surface area contributed by atoms with Crippen molar-refractivity contribution in [2.75, 3.05) is 25.0 Å². The van der Waals surface area contributed by atoms with Crippen molar-refractivity contribution in [1.82, 2.24) is 0 Å². The molecule has 0 nitrogen and oxygen atoms in total. The van der Waals surface area contributed by atoms with Crippen molar-refractivity contribution < 1.29 is 0 Å². The van der Waals surface area contributed by atoms with Crippen LogP contribution in [0.2, 0.25) is 0 Å². The predicted molar refractivity (Wildman–Crippen MR) is 144 cm³/mol. The molecule has 5 aromatic rings. The van der Waals surface area contributed by atoms with Crippen LogP contribution in [-0.2, 0) is 0 Å². The molecule has 0 spiro atoms. The third-order valence-electron chi connectivity index (χ3n) is 5.78. The molecule has 0 saturated carbocycles. The number of rotatable bonds is 4. The van der Waals surface area contributed by atoms with Crippen molar-refractivity contribution in [3.63, 3.8) is 0 Å². The van der Waals surface area contributed by atoms with Gasteiger partial charge in [0.2, 0.25) is 0 Å². The van der Waals surface area contributed by atoms with Crippen molar-refractivity contribution >= 4 is 90.1 Å². The Morgan fingerprint density at radius 2 is 0.600 bits per heavy atom. The van der Waals surface area contributed by atoms with Gasteiger partial charge in [-0.25, -0.2) is 0 Å². The lowest BCUT2D eigenvalue weighted by Gasteiger charge is -2.13. The molecule has 0 atom stereocenters. The molecule has 0 amide bonds. The van der Waals surface area contributed by atoms with E-state index in [2.05, 4.69) is 85.7 Å². The van der Waals surface area contributed by atoms with E-state index in [9.17, 15) is 0 Å². The zero-order chi connectivity index (χ0) is 20.8. The molecular weight excluding hydrogens is 441 g/mol. The Morgan fingerprint density at radius 3 is 0.800 bits per heavy atom. The summed E-state index contributed by atoms with van der Waals surface area (Å²) in [4.78, 5) is 5.38. The first kappa shape index (κ1) is 20.4.